The zero-order valence-electron chi connectivity index (χ0n) is 7.26. The lowest BCUT2D eigenvalue weighted by atomic mass is 10.2. The van der Waals surface area contributed by atoms with E-state index in [1.165, 1.54) is 0 Å². The third-order valence-electron chi connectivity index (χ3n) is 0.952. The van der Waals surface area contributed by atoms with Gasteiger partial charge in [-0.25, -0.2) is 4.79 Å². The molecule has 3 heteroatoms. The van der Waals surface area contributed by atoms with E-state index < -0.39 is 17.7 Å². The molecule has 0 amide bonds. The Labute approximate surface area is 67.4 Å². The van der Waals surface area contributed by atoms with Crippen molar-refractivity contribution in [3.63, 3.8) is 0 Å². The van der Waals surface area contributed by atoms with E-state index in [-0.39, 0.29) is 6.42 Å². The predicted octanol–water partition coefficient (Wildman–Crippen LogP) is 0.913. The molecule has 0 aromatic carbocycles. The van der Waals surface area contributed by atoms with E-state index in [9.17, 15) is 4.79 Å². The number of hydrogen-bond donors (Lipinski definition) is 1. The molecule has 0 heterocycles. The Morgan fingerprint density at radius 2 is 2.09 bits per heavy atom. The van der Waals surface area contributed by atoms with Crippen molar-refractivity contribution in [2.75, 3.05) is 0 Å². The molecule has 0 aliphatic heterocycles. The first-order chi connectivity index (χ1) is 4.87. The van der Waals surface area contributed by atoms with Gasteiger partial charge in [0.25, 0.3) is 0 Å². The molecule has 11 heavy (non-hydrogen) atoms. The molecule has 0 rings (SSSR count). The normalized spacial score (nSPS) is 14.3. The number of carbonyl (C=O) groups is 1. The van der Waals surface area contributed by atoms with Crippen LogP contribution in [-0.4, -0.2) is 22.8 Å². The quantitative estimate of drug-likeness (QED) is 0.609. The first-order valence-electron chi connectivity index (χ1n) is 3.57. The van der Waals surface area contributed by atoms with Gasteiger partial charge in [-0.2, -0.15) is 0 Å². The summed E-state index contributed by atoms with van der Waals surface area (Å²) in [6.07, 6.45) is -0.941. The number of carbonyl (C=O) groups excluding carboxylic acids is 1. The van der Waals surface area contributed by atoms with Gasteiger partial charge < -0.3 is 9.84 Å². The maximum Gasteiger partial charge on any atom is 0.335 e. The molecule has 3 nitrogen and oxygen atoms in total. The molecule has 65 valence electrons. The first kappa shape index (κ1) is 10.4. The van der Waals surface area contributed by atoms with Crippen LogP contribution in [0.4, 0.5) is 0 Å². The number of aliphatic hydroxyl groups is 1. The van der Waals surface area contributed by atoms with Gasteiger partial charge in [-0.05, 0) is 27.2 Å². The highest BCUT2D eigenvalue weighted by atomic mass is 16.6. The molecule has 0 saturated heterocycles. The van der Waals surface area contributed by atoms with E-state index in [4.69, 9.17) is 9.84 Å². The van der Waals surface area contributed by atoms with Gasteiger partial charge in [0.2, 0.25) is 0 Å². The highest BCUT2D eigenvalue weighted by Crippen LogP contribution is 2.08. The van der Waals surface area contributed by atoms with Crippen molar-refractivity contribution < 1.29 is 14.6 Å². The summed E-state index contributed by atoms with van der Waals surface area (Å²) in [5.74, 6) is -0.604. The second-order valence-corrected chi connectivity index (χ2v) is 3.34. The van der Waals surface area contributed by atoms with E-state index >= 15 is 0 Å². The fourth-order valence-electron chi connectivity index (χ4n) is 0.488. The molecule has 0 aromatic rings. The van der Waals surface area contributed by atoms with Crippen LogP contribution < -0.4 is 0 Å². The molecule has 0 aromatic heterocycles. The average Bonchev–Trinajstić information content (AvgIpc) is 1.82. The fraction of sp³-hybridized carbons (Fsp3) is 0.750. The molecular formula is C8H15O3. The Hall–Kier alpha value is -0.570. The SMILES string of the molecule is [CH2]C[C@H](O)C(=O)OC(C)(C)C. The number of aliphatic hydroxyl groups excluding tert-OH is 1. The summed E-state index contributed by atoms with van der Waals surface area (Å²) in [5, 5.41) is 8.95. The smallest absolute Gasteiger partial charge is 0.335 e. The lowest BCUT2D eigenvalue weighted by Crippen LogP contribution is -2.31. The van der Waals surface area contributed by atoms with Crippen LogP contribution in [0.3, 0.4) is 0 Å². The Morgan fingerprint density at radius 3 is 2.36 bits per heavy atom. The van der Waals surface area contributed by atoms with Crippen molar-refractivity contribution in [2.45, 2.75) is 38.9 Å². The second kappa shape index (κ2) is 3.72. The van der Waals surface area contributed by atoms with Crippen LogP contribution in [0.2, 0.25) is 0 Å². The van der Waals surface area contributed by atoms with Gasteiger partial charge in [-0.3, -0.25) is 0 Å². The van der Waals surface area contributed by atoms with Crippen LogP contribution in [0.5, 0.6) is 0 Å². The zero-order chi connectivity index (χ0) is 9.07. The zero-order valence-corrected chi connectivity index (χ0v) is 7.26. The summed E-state index contributed by atoms with van der Waals surface area (Å²) in [6, 6.07) is 0. The van der Waals surface area contributed by atoms with Crippen LogP contribution in [0.1, 0.15) is 27.2 Å². The van der Waals surface area contributed by atoms with E-state index in [1.54, 1.807) is 20.8 Å². The number of esters is 1. The molecule has 0 fully saturated rings. The third kappa shape index (κ3) is 4.79. The van der Waals surface area contributed by atoms with Gasteiger partial charge in [-0.15, -0.1) is 0 Å². The summed E-state index contributed by atoms with van der Waals surface area (Å²) < 4.78 is 4.86. The number of rotatable bonds is 2. The van der Waals surface area contributed by atoms with Crippen molar-refractivity contribution in [3.05, 3.63) is 6.92 Å². The highest BCUT2D eigenvalue weighted by Gasteiger charge is 2.21. The summed E-state index contributed by atoms with van der Waals surface area (Å²) in [5.41, 5.74) is -0.534. The van der Waals surface area contributed by atoms with Gasteiger partial charge >= 0.3 is 5.97 Å². The van der Waals surface area contributed by atoms with Crippen molar-refractivity contribution in [2.24, 2.45) is 0 Å². The van der Waals surface area contributed by atoms with E-state index in [2.05, 4.69) is 6.92 Å². The molecule has 0 spiro atoms. The maximum absolute atomic E-state index is 10.9. The minimum Gasteiger partial charge on any atom is -0.458 e. The van der Waals surface area contributed by atoms with E-state index in [1.807, 2.05) is 0 Å². The maximum atomic E-state index is 10.9. The Morgan fingerprint density at radius 1 is 1.64 bits per heavy atom. The monoisotopic (exact) mass is 159 g/mol. The predicted molar refractivity (Wildman–Crippen MR) is 41.8 cm³/mol. The fourth-order valence-corrected chi connectivity index (χ4v) is 0.488. The average molecular weight is 159 g/mol. The van der Waals surface area contributed by atoms with Crippen molar-refractivity contribution in [3.8, 4) is 0 Å². The minimum absolute atomic E-state index is 0.148. The van der Waals surface area contributed by atoms with Gasteiger partial charge in [0, 0.05) is 0 Å². The van der Waals surface area contributed by atoms with Gasteiger partial charge in [0.1, 0.15) is 5.60 Å². The van der Waals surface area contributed by atoms with Crippen LogP contribution >= 0.6 is 0 Å². The molecule has 1 atom stereocenters. The Kier molecular flexibility index (Phi) is 3.52. The van der Waals surface area contributed by atoms with Crippen molar-refractivity contribution in [1.29, 1.82) is 0 Å². The van der Waals surface area contributed by atoms with Crippen LogP contribution in [0.15, 0.2) is 0 Å². The lowest BCUT2D eigenvalue weighted by molar-refractivity contribution is -0.164. The van der Waals surface area contributed by atoms with Crippen molar-refractivity contribution in [1.82, 2.24) is 0 Å². The number of ether oxygens (including phenoxy) is 1. The molecule has 0 aliphatic carbocycles. The van der Waals surface area contributed by atoms with Gasteiger partial charge in [0.05, 0.1) is 0 Å². The van der Waals surface area contributed by atoms with Crippen LogP contribution in [0, 0.1) is 6.92 Å². The standard InChI is InChI=1S/C8H15O3/c1-5-6(9)7(10)11-8(2,3)4/h6,9H,1,5H2,2-4H3/t6-/m0/s1. The molecule has 1 N–H and O–H groups in total. The Balaban J connectivity index is 3.88. The van der Waals surface area contributed by atoms with Gasteiger partial charge in [-0.1, -0.05) is 6.92 Å². The van der Waals surface area contributed by atoms with E-state index in [0.717, 1.165) is 0 Å². The molecule has 0 aliphatic rings. The first-order valence-corrected chi connectivity index (χ1v) is 3.57. The van der Waals surface area contributed by atoms with E-state index in [0.29, 0.717) is 0 Å². The van der Waals surface area contributed by atoms with Gasteiger partial charge in [0.15, 0.2) is 6.10 Å². The molecule has 0 unspecified atom stereocenters. The summed E-state index contributed by atoms with van der Waals surface area (Å²) in [6.45, 7) is 8.64. The molecule has 0 bridgehead atoms. The van der Waals surface area contributed by atoms with Crippen LogP contribution in [0.25, 0.3) is 0 Å². The Bertz CT molecular complexity index is 135. The topological polar surface area (TPSA) is 46.5 Å². The molecular weight excluding hydrogens is 144 g/mol. The highest BCUT2D eigenvalue weighted by molar-refractivity contribution is 5.74. The minimum atomic E-state index is -1.09. The molecule has 0 saturated carbocycles. The molecule has 1 radical (unpaired) electrons. The summed E-state index contributed by atoms with van der Waals surface area (Å²) in [4.78, 5) is 10.9. The van der Waals surface area contributed by atoms with Crippen molar-refractivity contribution >= 4 is 5.97 Å². The summed E-state index contributed by atoms with van der Waals surface area (Å²) in [7, 11) is 0. The van der Waals surface area contributed by atoms with Crippen LogP contribution in [-0.2, 0) is 9.53 Å². The summed E-state index contributed by atoms with van der Waals surface area (Å²) >= 11 is 0. The third-order valence-corrected chi connectivity index (χ3v) is 0.952. The number of hydrogen-bond acceptors (Lipinski definition) is 3. The second-order valence-electron chi connectivity index (χ2n) is 3.34. The largest absolute Gasteiger partial charge is 0.458 e. The lowest BCUT2D eigenvalue weighted by Gasteiger charge is -2.20.